The van der Waals surface area contributed by atoms with Crippen molar-refractivity contribution in [3.05, 3.63) is 0 Å². The molecule has 5 nitrogen and oxygen atoms in total. The van der Waals surface area contributed by atoms with Crippen LogP contribution in [0.25, 0.3) is 0 Å². The van der Waals surface area contributed by atoms with Gasteiger partial charge in [0.25, 0.3) is 0 Å². The van der Waals surface area contributed by atoms with E-state index in [0.29, 0.717) is 0 Å². The second-order valence-corrected chi connectivity index (χ2v) is 3.71. The molecule has 0 bridgehead atoms. The van der Waals surface area contributed by atoms with Gasteiger partial charge in [0, 0.05) is 0 Å². The van der Waals surface area contributed by atoms with Crippen LogP contribution in [-0.4, -0.2) is 49.2 Å². The normalized spacial score (nSPS) is 14.7. The van der Waals surface area contributed by atoms with Crippen molar-refractivity contribution in [2.24, 2.45) is 10.9 Å². The lowest BCUT2D eigenvalue weighted by Gasteiger charge is -2.13. The Morgan fingerprint density at radius 2 is 2.14 bits per heavy atom. The van der Waals surface area contributed by atoms with E-state index in [1.807, 2.05) is 6.92 Å². The first kappa shape index (κ1) is 13.2. The first-order valence-corrected chi connectivity index (χ1v) is 4.93. The van der Waals surface area contributed by atoms with Gasteiger partial charge in [0.2, 0.25) is 0 Å². The third-order valence-electron chi connectivity index (χ3n) is 2.04. The number of nitrogens with one attached hydrogen (secondary N) is 1. The Kier molecular flexibility index (Phi) is 7.14. The minimum Gasteiger partial charge on any atom is -0.409 e. The maximum absolute atomic E-state index is 8.40. The molecule has 0 amide bonds. The predicted octanol–water partition coefficient (Wildman–Crippen LogP) is 0.0527. The quantitative estimate of drug-likeness (QED) is 0.179. The summed E-state index contributed by atoms with van der Waals surface area (Å²) in [6.45, 7) is 3.87. The highest BCUT2D eigenvalue weighted by Crippen LogP contribution is 1.90. The Balaban J connectivity index is 3.36. The molecule has 0 aliphatic heterocycles. The summed E-state index contributed by atoms with van der Waals surface area (Å²) in [5, 5.41) is 14.5. The third kappa shape index (κ3) is 6.68. The van der Waals surface area contributed by atoms with Gasteiger partial charge in [-0.05, 0) is 47.0 Å². The molecule has 1 atom stereocenters. The van der Waals surface area contributed by atoms with Crippen LogP contribution >= 0.6 is 0 Å². The molecule has 4 N–H and O–H groups in total. The van der Waals surface area contributed by atoms with Gasteiger partial charge < -0.3 is 21.2 Å². The molecule has 84 valence electrons. The largest absolute Gasteiger partial charge is 0.409 e. The topological polar surface area (TPSA) is 73.9 Å². The molecule has 0 saturated heterocycles. The Hall–Kier alpha value is -0.810. The van der Waals surface area contributed by atoms with Gasteiger partial charge in [0.1, 0.15) is 0 Å². The van der Waals surface area contributed by atoms with Crippen LogP contribution in [0.15, 0.2) is 5.16 Å². The number of oxime groups is 1. The maximum atomic E-state index is 8.40. The van der Waals surface area contributed by atoms with Gasteiger partial charge >= 0.3 is 0 Å². The zero-order chi connectivity index (χ0) is 11.0. The number of amidine groups is 1. The summed E-state index contributed by atoms with van der Waals surface area (Å²) < 4.78 is 0. The van der Waals surface area contributed by atoms with E-state index in [-0.39, 0.29) is 11.9 Å². The molecule has 14 heavy (non-hydrogen) atoms. The van der Waals surface area contributed by atoms with Gasteiger partial charge in [-0.25, -0.2) is 0 Å². The van der Waals surface area contributed by atoms with Gasteiger partial charge in [-0.2, -0.15) is 0 Å². The van der Waals surface area contributed by atoms with E-state index in [0.717, 1.165) is 25.9 Å². The van der Waals surface area contributed by atoms with Crippen LogP contribution in [-0.2, 0) is 0 Å². The summed E-state index contributed by atoms with van der Waals surface area (Å²) in [5.41, 5.74) is 5.41. The molecule has 1 unspecified atom stereocenters. The molecule has 0 rings (SSSR count). The average molecular weight is 202 g/mol. The molecular formula is C9H22N4O. The van der Waals surface area contributed by atoms with Crippen molar-refractivity contribution < 1.29 is 5.21 Å². The molecule has 0 aromatic heterocycles. The highest BCUT2D eigenvalue weighted by atomic mass is 16.4. The van der Waals surface area contributed by atoms with Crippen molar-refractivity contribution in [1.29, 1.82) is 0 Å². The third-order valence-corrected chi connectivity index (χ3v) is 2.04. The second-order valence-electron chi connectivity index (χ2n) is 3.71. The van der Waals surface area contributed by atoms with Crippen LogP contribution < -0.4 is 11.1 Å². The SMILES string of the molecule is CC(NCCCCN(C)C)C(N)=NO. The average Bonchev–Trinajstić information content (AvgIpc) is 2.15. The van der Waals surface area contributed by atoms with Crippen molar-refractivity contribution >= 4 is 5.84 Å². The van der Waals surface area contributed by atoms with Crippen LogP contribution in [0.1, 0.15) is 19.8 Å². The predicted molar refractivity (Wildman–Crippen MR) is 58.7 cm³/mol. The molecule has 0 aromatic rings. The summed E-state index contributed by atoms with van der Waals surface area (Å²) >= 11 is 0. The van der Waals surface area contributed by atoms with Crippen LogP contribution in [0.5, 0.6) is 0 Å². The Bertz CT molecular complexity index is 170. The highest BCUT2D eigenvalue weighted by Gasteiger charge is 2.04. The van der Waals surface area contributed by atoms with Crippen LogP contribution in [0, 0.1) is 0 Å². The molecule has 0 spiro atoms. The maximum Gasteiger partial charge on any atom is 0.156 e. The summed E-state index contributed by atoms with van der Waals surface area (Å²) in [6.07, 6.45) is 2.25. The van der Waals surface area contributed by atoms with Crippen LogP contribution in [0.3, 0.4) is 0 Å². The lowest BCUT2D eigenvalue weighted by molar-refractivity contribution is 0.315. The number of hydrogen-bond donors (Lipinski definition) is 3. The fraction of sp³-hybridized carbons (Fsp3) is 0.889. The molecule has 5 heteroatoms. The Morgan fingerprint density at radius 1 is 1.50 bits per heavy atom. The highest BCUT2D eigenvalue weighted by molar-refractivity contribution is 5.84. The molecular weight excluding hydrogens is 180 g/mol. The van der Waals surface area contributed by atoms with Crippen molar-refractivity contribution in [3.63, 3.8) is 0 Å². The molecule has 0 radical (unpaired) electrons. The van der Waals surface area contributed by atoms with Crippen LogP contribution in [0.2, 0.25) is 0 Å². The zero-order valence-corrected chi connectivity index (χ0v) is 9.32. The number of nitrogens with two attached hydrogens (primary N) is 1. The fourth-order valence-corrected chi connectivity index (χ4v) is 1.06. The summed E-state index contributed by atoms with van der Waals surface area (Å²) in [5.74, 6) is 0.234. The number of unbranched alkanes of at least 4 members (excludes halogenated alkanes) is 1. The fourth-order valence-electron chi connectivity index (χ4n) is 1.06. The number of hydrogen-bond acceptors (Lipinski definition) is 4. The number of nitrogens with zero attached hydrogens (tertiary/aromatic N) is 2. The second kappa shape index (κ2) is 7.58. The minimum atomic E-state index is -0.0562. The van der Waals surface area contributed by atoms with Gasteiger partial charge in [-0.3, -0.25) is 0 Å². The van der Waals surface area contributed by atoms with E-state index in [1.165, 1.54) is 0 Å². The van der Waals surface area contributed by atoms with E-state index in [1.54, 1.807) is 0 Å². The smallest absolute Gasteiger partial charge is 0.156 e. The van der Waals surface area contributed by atoms with E-state index < -0.39 is 0 Å². The van der Waals surface area contributed by atoms with Gasteiger partial charge in [-0.1, -0.05) is 5.16 Å². The first-order chi connectivity index (χ1) is 6.57. The van der Waals surface area contributed by atoms with Crippen molar-refractivity contribution in [2.45, 2.75) is 25.8 Å². The minimum absolute atomic E-state index is 0.0562. The van der Waals surface area contributed by atoms with Gasteiger partial charge in [0.05, 0.1) is 6.04 Å². The molecule has 0 aromatic carbocycles. The molecule has 0 fully saturated rings. The summed E-state index contributed by atoms with van der Waals surface area (Å²) in [6, 6.07) is -0.0562. The van der Waals surface area contributed by atoms with Gasteiger partial charge in [0.15, 0.2) is 5.84 Å². The first-order valence-electron chi connectivity index (χ1n) is 4.93. The molecule has 0 aliphatic carbocycles. The van der Waals surface area contributed by atoms with E-state index >= 15 is 0 Å². The Morgan fingerprint density at radius 3 is 2.64 bits per heavy atom. The summed E-state index contributed by atoms with van der Waals surface area (Å²) in [7, 11) is 4.12. The van der Waals surface area contributed by atoms with Crippen molar-refractivity contribution in [1.82, 2.24) is 10.2 Å². The lowest BCUT2D eigenvalue weighted by Crippen LogP contribution is -2.39. The molecule has 0 aliphatic rings. The van der Waals surface area contributed by atoms with E-state index in [9.17, 15) is 0 Å². The zero-order valence-electron chi connectivity index (χ0n) is 9.32. The monoisotopic (exact) mass is 202 g/mol. The number of rotatable bonds is 7. The lowest BCUT2D eigenvalue weighted by atomic mass is 10.2. The Labute approximate surface area is 86.0 Å². The molecule has 0 heterocycles. The molecule has 0 saturated carbocycles. The van der Waals surface area contributed by atoms with E-state index in [2.05, 4.69) is 29.5 Å². The summed E-state index contributed by atoms with van der Waals surface area (Å²) in [4.78, 5) is 2.16. The van der Waals surface area contributed by atoms with Crippen molar-refractivity contribution in [2.75, 3.05) is 27.2 Å². The van der Waals surface area contributed by atoms with E-state index in [4.69, 9.17) is 10.9 Å². The van der Waals surface area contributed by atoms with Gasteiger partial charge in [-0.15, -0.1) is 0 Å². The standard InChI is InChI=1S/C9H22N4O/c1-8(9(10)12-14)11-6-4-5-7-13(2)3/h8,11,14H,4-7H2,1-3H3,(H2,10,12). The van der Waals surface area contributed by atoms with Crippen molar-refractivity contribution in [3.8, 4) is 0 Å². The van der Waals surface area contributed by atoms with Crippen LogP contribution in [0.4, 0.5) is 0 Å².